The van der Waals surface area contributed by atoms with Crippen LogP contribution in [0.5, 0.6) is 0 Å². The molecule has 2 unspecified atom stereocenters. The van der Waals surface area contributed by atoms with Crippen LogP contribution in [0.25, 0.3) is 27.4 Å². The van der Waals surface area contributed by atoms with E-state index in [-0.39, 0.29) is 27.9 Å². The summed E-state index contributed by atoms with van der Waals surface area (Å²) in [5.74, 6) is -1.16. The van der Waals surface area contributed by atoms with Crippen molar-refractivity contribution in [3.05, 3.63) is 136 Å². The Labute approximate surface area is 249 Å². The number of rotatable bonds is 3. The molecule has 1 N–H and O–H groups in total. The molecule has 0 amide bonds. The number of halogens is 2. The topological polar surface area (TPSA) is 63.1 Å². The molecule has 0 aliphatic heterocycles. The average Bonchev–Trinajstić information content (AvgIpc) is 3.01. The number of carboxylic acids is 1. The zero-order valence-corrected chi connectivity index (χ0v) is 24.2. The summed E-state index contributed by atoms with van der Waals surface area (Å²) >= 11 is 6.18. The maximum Gasteiger partial charge on any atom is 0.354 e. The van der Waals surface area contributed by atoms with Crippen molar-refractivity contribution < 1.29 is 14.3 Å². The van der Waals surface area contributed by atoms with E-state index < -0.39 is 5.97 Å². The van der Waals surface area contributed by atoms with E-state index in [1.807, 2.05) is 12.1 Å². The molecule has 2 heterocycles. The fraction of sp³-hybridized carbons (Fsp3) is 0.194. The van der Waals surface area contributed by atoms with Crippen molar-refractivity contribution in [2.24, 2.45) is 5.41 Å². The molecule has 7 rings (SSSR count). The molecule has 0 saturated carbocycles. The highest BCUT2D eigenvalue weighted by Gasteiger charge is 2.35. The van der Waals surface area contributed by atoms with Crippen LogP contribution in [0.3, 0.4) is 0 Å². The molecule has 3 aromatic carbocycles. The predicted molar refractivity (Wildman–Crippen MR) is 167 cm³/mol. The SMILES string of the molecule is CCC1(C)C=CC2=C(C1)C(c1ccc(F)c(Cl)c1)Cc1c2ccc2ccccc12.O=C(O)c1ccc2ncccc2n1. The van der Waals surface area contributed by atoms with Gasteiger partial charge in [0.1, 0.15) is 11.5 Å². The van der Waals surface area contributed by atoms with E-state index in [1.165, 1.54) is 45.2 Å². The van der Waals surface area contributed by atoms with Gasteiger partial charge in [-0.15, -0.1) is 0 Å². The lowest BCUT2D eigenvalue weighted by Crippen LogP contribution is -2.24. The Balaban J connectivity index is 0.000000203. The van der Waals surface area contributed by atoms with Crippen LogP contribution in [0.15, 0.2) is 103 Å². The normalized spacial score (nSPS) is 19.2. The third kappa shape index (κ3) is 5.21. The minimum absolute atomic E-state index is 0.0421. The first-order chi connectivity index (χ1) is 20.3. The van der Waals surface area contributed by atoms with Crippen molar-refractivity contribution in [2.45, 2.75) is 39.0 Å². The molecule has 6 heteroatoms. The fourth-order valence-corrected chi connectivity index (χ4v) is 6.25. The third-order valence-corrected chi connectivity index (χ3v) is 8.87. The molecule has 0 fully saturated rings. The fourth-order valence-electron chi connectivity index (χ4n) is 6.06. The number of carbonyl (C=O) groups is 1. The number of hydrogen-bond acceptors (Lipinski definition) is 3. The number of carboxylic acid groups (broad SMARTS) is 1. The highest BCUT2D eigenvalue weighted by molar-refractivity contribution is 6.30. The second kappa shape index (κ2) is 11.1. The van der Waals surface area contributed by atoms with Crippen LogP contribution in [-0.2, 0) is 6.42 Å². The van der Waals surface area contributed by atoms with Gasteiger partial charge in [0.05, 0.1) is 16.1 Å². The first-order valence-corrected chi connectivity index (χ1v) is 14.5. The molecule has 210 valence electrons. The minimum atomic E-state index is -1.02. The predicted octanol–water partition coefficient (Wildman–Crippen LogP) is 9.43. The van der Waals surface area contributed by atoms with Gasteiger partial charge < -0.3 is 5.11 Å². The lowest BCUT2D eigenvalue weighted by atomic mass is 9.65. The Morgan fingerprint density at radius 3 is 2.67 bits per heavy atom. The molecule has 42 heavy (non-hydrogen) atoms. The molecule has 0 bridgehead atoms. The molecule has 5 aromatic rings. The Bertz CT molecular complexity index is 1910. The second-order valence-corrected chi connectivity index (χ2v) is 11.7. The van der Waals surface area contributed by atoms with Crippen LogP contribution >= 0.6 is 11.6 Å². The monoisotopic (exact) mass is 576 g/mol. The van der Waals surface area contributed by atoms with Crippen LogP contribution in [0, 0.1) is 11.2 Å². The molecular weight excluding hydrogens is 547 g/mol. The number of pyridine rings is 2. The third-order valence-electron chi connectivity index (χ3n) is 8.58. The van der Waals surface area contributed by atoms with Crippen molar-refractivity contribution in [3.63, 3.8) is 0 Å². The van der Waals surface area contributed by atoms with Crippen molar-refractivity contribution >= 4 is 44.9 Å². The number of aromatic carboxylic acids is 1. The Kier molecular flexibility index (Phi) is 7.38. The van der Waals surface area contributed by atoms with Gasteiger partial charge in [-0.1, -0.05) is 85.6 Å². The Morgan fingerprint density at radius 1 is 1.05 bits per heavy atom. The van der Waals surface area contributed by atoms with Gasteiger partial charge in [0.15, 0.2) is 0 Å². The maximum absolute atomic E-state index is 13.9. The summed E-state index contributed by atoms with van der Waals surface area (Å²) in [6.45, 7) is 4.59. The molecule has 4 nitrogen and oxygen atoms in total. The van der Waals surface area contributed by atoms with E-state index in [4.69, 9.17) is 16.7 Å². The summed E-state index contributed by atoms with van der Waals surface area (Å²) < 4.78 is 13.9. The van der Waals surface area contributed by atoms with Crippen molar-refractivity contribution in [1.29, 1.82) is 0 Å². The molecule has 0 spiro atoms. The van der Waals surface area contributed by atoms with Crippen LogP contribution in [0.4, 0.5) is 4.39 Å². The van der Waals surface area contributed by atoms with Crippen LogP contribution in [-0.4, -0.2) is 21.0 Å². The number of fused-ring (bicyclic) bond motifs is 5. The number of benzene rings is 3. The highest BCUT2D eigenvalue weighted by Crippen LogP contribution is 2.51. The van der Waals surface area contributed by atoms with E-state index >= 15 is 0 Å². The average molecular weight is 577 g/mol. The van der Waals surface area contributed by atoms with E-state index in [1.54, 1.807) is 24.4 Å². The summed E-state index contributed by atoms with van der Waals surface area (Å²) in [5.41, 5.74) is 8.15. The number of aromatic nitrogens is 2. The highest BCUT2D eigenvalue weighted by atomic mass is 35.5. The van der Waals surface area contributed by atoms with Crippen molar-refractivity contribution in [3.8, 4) is 0 Å². The molecule has 0 saturated heterocycles. The molecular formula is C36H30ClFN2O2. The van der Waals surface area contributed by atoms with Crippen LogP contribution in [0.2, 0.25) is 5.02 Å². The Morgan fingerprint density at radius 2 is 1.88 bits per heavy atom. The quantitative estimate of drug-likeness (QED) is 0.232. The number of allylic oxidation sites excluding steroid dienone is 4. The van der Waals surface area contributed by atoms with Crippen molar-refractivity contribution in [1.82, 2.24) is 9.97 Å². The molecule has 2 aliphatic rings. The van der Waals surface area contributed by atoms with Gasteiger partial charge in [0.2, 0.25) is 0 Å². The first-order valence-electron chi connectivity index (χ1n) is 14.1. The zero-order chi connectivity index (χ0) is 29.4. The summed E-state index contributed by atoms with van der Waals surface area (Å²) in [6, 6.07) is 24.9. The zero-order valence-electron chi connectivity index (χ0n) is 23.4. The molecule has 2 atom stereocenters. The van der Waals surface area contributed by atoms with Gasteiger partial charge in [-0.05, 0) is 94.1 Å². The van der Waals surface area contributed by atoms with Gasteiger partial charge in [0, 0.05) is 12.1 Å². The van der Waals surface area contributed by atoms with E-state index in [0.717, 1.165) is 24.8 Å². The van der Waals surface area contributed by atoms with Crippen LogP contribution < -0.4 is 0 Å². The lowest BCUT2D eigenvalue weighted by Gasteiger charge is -2.39. The summed E-state index contributed by atoms with van der Waals surface area (Å²) in [4.78, 5) is 18.5. The van der Waals surface area contributed by atoms with Gasteiger partial charge in [-0.2, -0.15) is 0 Å². The minimum Gasteiger partial charge on any atom is -0.477 e. The molecule has 0 radical (unpaired) electrons. The number of hydrogen-bond donors (Lipinski definition) is 1. The standard InChI is InChI=1S/C27H24ClF.C9H6N2O2/c1-3-27(2)13-12-21-20-10-8-17-6-4-5-7-19(17)23(20)15-22(24(21)16-27)18-9-11-26(29)25(28)14-18;12-9(13)8-4-3-6-7(11-8)2-1-5-10-6/h4-14,22H,3,15-16H2,1-2H3;1-5H,(H,12,13). The maximum atomic E-state index is 13.9. The summed E-state index contributed by atoms with van der Waals surface area (Å²) in [6.07, 6.45) is 9.40. The Hall–Kier alpha value is -4.35. The molecule has 2 aliphatic carbocycles. The van der Waals surface area contributed by atoms with Gasteiger partial charge in [-0.25, -0.2) is 14.2 Å². The van der Waals surface area contributed by atoms with Gasteiger partial charge in [-0.3, -0.25) is 4.98 Å². The van der Waals surface area contributed by atoms with E-state index in [0.29, 0.717) is 11.0 Å². The summed E-state index contributed by atoms with van der Waals surface area (Å²) in [7, 11) is 0. The largest absolute Gasteiger partial charge is 0.477 e. The lowest BCUT2D eigenvalue weighted by molar-refractivity contribution is 0.0691. The van der Waals surface area contributed by atoms with E-state index in [2.05, 4.69) is 72.4 Å². The first kappa shape index (κ1) is 27.8. The van der Waals surface area contributed by atoms with E-state index in [9.17, 15) is 9.18 Å². The second-order valence-electron chi connectivity index (χ2n) is 11.2. The van der Waals surface area contributed by atoms with Gasteiger partial charge in [0.25, 0.3) is 0 Å². The van der Waals surface area contributed by atoms with Crippen molar-refractivity contribution in [2.75, 3.05) is 0 Å². The smallest absolute Gasteiger partial charge is 0.354 e. The molecule has 2 aromatic heterocycles. The summed E-state index contributed by atoms with van der Waals surface area (Å²) in [5, 5.41) is 11.4. The number of nitrogens with zero attached hydrogens (tertiary/aromatic N) is 2. The van der Waals surface area contributed by atoms with Crippen LogP contribution in [0.1, 0.15) is 59.8 Å². The van der Waals surface area contributed by atoms with Gasteiger partial charge >= 0.3 is 5.97 Å².